The lowest BCUT2D eigenvalue weighted by Crippen LogP contribution is -2.27. The highest BCUT2D eigenvalue weighted by atomic mass is 32.2. The second-order valence-corrected chi connectivity index (χ2v) is 10.4. The molecule has 0 bridgehead atoms. The van der Waals surface area contributed by atoms with Crippen LogP contribution < -0.4 is 14.5 Å². The summed E-state index contributed by atoms with van der Waals surface area (Å²) in [5.74, 6) is 0.714. The number of sulfonamides is 1. The minimum atomic E-state index is -3.72. The number of amides is 1. The summed E-state index contributed by atoms with van der Waals surface area (Å²) in [6.45, 7) is 2.43. The van der Waals surface area contributed by atoms with Gasteiger partial charge in [0, 0.05) is 38.4 Å². The first-order chi connectivity index (χ1) is 16.4. The minimum Gasteiger partial charge on any atom is -0.357 e. The monoisotopic (exact) mass is 478 g/mol. The number of hydrogen-bond donors (Lipinski definition) is 1. The molecule has 1 aromatic heterocycles. The van der Waals surface area contributed by atoms with Crippen molar-refractivity contribution in [2.24, 2.45) is 0 Å². The Kier molecular flexibility index (Phi) is 7.47. The van der Waals surface area contributed by atoms with Crippen molar-refractivity contribution in [1.82, 2.24) is 10.3 Å². The number of nitrogens with one attached hydrogen (secondary N) is 1. The van der Waals surface area contributed by atoms with Crippen molar-refractivity contribution in [2.45, 2.75) is 37.1 Å². The second-order valence-electron chi connectivity index (χ2n) is 8.44. The maximum Gasteiger partial charge on any atom is 0.264 e. The first-order valence-electron chi connectivity index (χ1n) is 11.6. The van der Waals surface area contributed by atoms with Crippen molar-refractivity contribution < 1.29 is 13.2 Å². The normalized spacial score (nSPS) is 14.3. The molecule has 7 nitrogen and oxygen atoms in total. The average Bonchev–Trinajstić information content (AvgIpc) is 3.17. The Morgan fingerprint density at radius 2 is 1.62 bits per heavy atom. The second kappa shape index (κ2) is 10.7. The number of anilines is 2. The van der Waals surface area contributed by atoms with Gasteiger partial charge in [-0.3, -0.25) is 9.10 Å². The SMILES string of the molecule is CN(c1ccccc1)S(=O)(=O)c1ccc(C(=O)NCc2ccc(N3CCCCCC3)nc2)cc1. The fraction of sp³-hybridized carbons (Fsp3) is 0.308. The van der Waals surface area contributed by atoms with E-state index in [0.717, 1.165) is 24.5 Å². The van der Waals surface area contributed by atoms with Crippen molar-refractivity contribution >= 4 is 27.4 Å². The molecule has 1 N–H and O–H groups in total. The first kappa shape index (κ1) is 23.8. The van der Waals surface area contributed by atoms with Crippen LogP contribution in [0.1, 0.15) is 41.6 Å². The molecule has 0 spiro atoms. The van der Waals surface area contributed by atoms with Crippen molar-refractivity contribution in [1.29, 1.82) is 0 Å². The Labute approximate surface area is 201 Å². The van der Waals surface area contributed by atoms with Gasteiger partial charge in [-0.25, -0.2) is 13.4 Å². The molecule has 178 valence electrons. The van der Waals surface area contributed by atoms with Crippen LogP contribution in [0.3, 0.4) is 0 Å². The fourth-order valence-electron chi connectivity index (χ4n) is 4.01. The Hall–Kier alpha value is -3.39. The molecule has 2 heterocycles. The zero-order valence-corrected chi connectivity index (χ0v) is 20.2. The lowest BCUT2D eigenvalue weighted by atomic mass is 10.2. The number of hydrogen-bond acceptors (Lipinski definition) is 5. The van der Waals surface area contributed by atoms with Crippen LogP contribution in [0.2, 0.25) is 0 Å². The zero-order chi connectivity index (χ0) is 24.0. The van der Waals surface area contributed by atoms with Crippen LogP contribution in [0.25, 0.3) is 0 Å². The van der Waals surface area contributed by atoms with Crippen LogP contribution in [-0.2, 0) is 16.6 Å². The van der Waals surface area contributed by atoms with E-state index in [9.17, 15) is 13.2 Å². The van der Waals surface area contributed by atoms with E-state index < -0.39 is 10.0 Å². The number of benzene rings is 2. The highest BCUT2D eigenvalue weighted by Gasteiger charge is 2.21. The molecule has 1 fully saturated rings. The number of pyridine rings is 1. The topological polar surface area (TPSA) is 82.6 Å². The van der Waals surface area contributed by atoms with Crippen LogP contribution in [0.15, 0.2) is 77.8 Å². The summed E-state index contributed by atoms with van der Waals surface area (Å²) in [7, 11) is -2.20. The van der Waals surface area contributed by atoms with Crippen molar-refractivity contribution in [3.63, 3.8) is 0 Å². The highest BCUT2D eigenvalue weighted by Crippen LogP contribution is 2.22. The summed E-state index contributed by atoms with van der Waals surface area (Å²) in [4.78, 5) is 19.6. The average molecular weight is 479 g/mol. The van der Waals surface area contributed by atoms with Crippen LogP contribution in [0.4, 0.5) is 11.5 Å². The van der Waals surface area contributed by atoms with Crippen LogP contribution in [0, 0.1) is 0 Å². The quantitative estimate of drug-likeness (QED) is 0.550. The van der Waals surface area contributed by atoms with Gasteiger partial charge >= 0.3 is 0 Å². The van der Waals surface area contributed by atoms with Gasteiger partial charge in [0.2, 0.25) is 0 Å². The van der Waals surface area contributed by atoms with Gasteiger partial charge in [0.25, 0.3) is 15.9 Å². The molecule has 8 heteroatoms. The number of para-hydroxylation sites is 1. The van der Waals surface area contributed by atoms with E-state index >= 15 is 0 Å². The molecule has 3 aromatic rings. The van der Waals surface area contributed by atoms with Crippen LogP contribution in [0.5, 0.6) is 0 Å². The molecule has 1 aliphatic heterocycles. The Balaban J connectivity index is 1.35. The Bertz CT molecular complexity index is 1190. The number of carbonyl (C=O) groups excluding carboxylic acids is 1. The molecule has 1 aliphatic rings. The molecule has 0 atom stereocenters. The molecule has 0 saturated carbocycles. The van der Waals surface area contributed by atoms with Gasteiger partial charge in [-0.1, -0.05) is 37.1 Å². The van der Waals surface area contributed by atoms with Gasteiger partial charge in [-0.2, -0.15) is 0 Å². The summed E-state index contributed by atoms with van der Waals surface area (Å²) < 4.78 is 27.0. The van der Waals surface area contributed by atoms with E-state index in [1.54, 1.807) is 30.5 Å². The van der Waals surface area contributed by atoms with E-state index in [0.29, 0.717) is 17.8 Å². The lowest BCUT2D eigenvalue weighted by molar-refractivity contribution is 0.0951. The minimum absolute atomic E-state index is 0.128. The molecule has 0 aliphatic carbocycles. The molecule has 34 heavy (non-hydrogen) atoms. The molecule has 2 aromatic carbocycles. The van der Waals surface area contributed by atoms with Gasteiger partial charge in [0.05, 0.1) is 10.6 Å². The predicted octanol–water partition coefficient (Wildman–Crippen LogP) is 4.22. The van der Waals surface area contributed by atoms with Gasteiger partial charge in [0.1, 0.15) is 5.82 Å². The predicted molar refractivity (Wildman–Crippen MR) is 135 cm³/mol. The van der Waals surface area contributed by atoms with Crippen LogP contribution in [-0.4, -0.2) is 39.4 Å². The van der Waals surface area contributed by atoms with Gasteiger partial charge in [-0.05, 0) is 60.9 Å². The summed E-state index contributed by atoms with van der Waals surface area (Å²) in [5, 5.41) is 2.88. The van der Waals surface area contributed by atoms with Gasteiger partial charge in [0.15, 0.2) is 0 Å². The largest absolute Gasteiger partial charge is 0.357 e. The number of carbonyl (C=O) groups is 1. The number of aromatic nitrogens is 1. The fourth-order valence-corrected chi connectivity index (χ4v) is 5.20. The Morgan fingerprint density at radius 1 is 0.941 bits per heavy atom. The highest BCUT2D eigenvalue weighted by molar-refractivity contribution is 7.92. The molecule has 1 saturated heterocycles. The van der Waals surface area contributed by atoms with E-state index in [2.05, 4.69) is 15.2 Å². The van der Waals surface area contributed by atoms with Gasteiger partial charge < -0.3 is 10.2 Å². The van der Waals surface area contributed by atoms with Gasteiger partial charge in [-0.15, -0.1) is 0 Å². The third kappa shape index (κ3) is 5.56. The van der Waals surface area contributed by atoms with E-state index in [-0.39, 0.29) is 10.8 Å². The van der Waals surface area contributed by atoms with Crippen molar-refractivity contribution in [3.8, 4) is 0 Å². The van der Waals surface area contributed by atoms with Crippen LogP contribution >= 0.6 is 0 Å². The van der Waals surface area contributed by atoms with E-state index in [1.165, 1.54) is 61.3 Å². The summed E-state index contributed by atoms with van der Waals surface area (Å²) in [5.41, 5.74) is 1.88. The molecule has 4 rings (SSSR count). The molecular weight excluding hydrogens is 448 g/mol. The zero-order valence-electron chi connectivity index (χ0n) is 19.4. The molecule has 1 amide bonds. The third-order valence-corrected chi connectivity index (χ3v) is 7.89. The van der Waals surface area contributed by atoms with Crippen molar-refractivity contribution in [3.05, 3.63) is 84.1 Å². The molecule has 0 radical (unpaired) electrons. The molecule has 0 unspecified atom stereocenters. The van der Waals surface area contributed by atoms with E-state index in [1.807, 2.05) is 18.2 Å². The smallest absolute Gasteiger partial charge is 0.264 e. The molecular formula is C26H30N4O3S. The first-order valence-corrected chi connectivity index (χ1v) is 13.0. The lowest BCUT2D eigenvalue weighted by Gasteiger charge is -2.21. The summed E-state index contributed by atoms with van der Waals surface area (Å²) >= 11 is 0. The number of rotatable bonds is 7. The standard InChI is InChI=1S/C26H30N4O3S/c1-29(23-9-5-4-6-10-23)34(32,33)24-14-12-22(13-15-24)26(31)28-20-21-11-16-25(27-19-21)30-17-7-2-3-8-18-30/h4-6,9-16,19H,2-3,7-8,17-18,20H2,1H3,(H,28,31). The Morgan fingerprint density at radius 3 is 2.24 bits per heavy atom. The summed E-state index contributed by atoms with van der Waals surface area (Å²) in [6, 6.07) is 18.8. The summed E-state index contributed by atoms with van der Waals surface area (Å²) in [6.07, 6.45) is 6.74. The maximum atomic E-state index is 12.9. The third-order valence-electron chi connectivity index (χ3n) is 6.09. The number of nitrogens with zero attached hydrogens (tertiary/aromatic N) is 3. The van der Waals surface area contributed by atoms with E-state index in [4.69, 9.17) is 0 Å². The maximum absolute atomic E-state index is 12.9. The van der Waals surface area contributed by atoms with Crippen molar-refractivity contribution in [2.75, 3.05) is 29.3 Å².